The van der Waals surface area contributed by atoms with E-state index in [0.717, 1.165) is 30.4 Å². The number of hydrogen-bond donors (Lipinski definition) is 2. The predicted octanol–water partition coefficient (Wildman–Crippen LogP) is 4.10. The topological polar surface area (TPSA) is 66.8 Å². The normalized spacial score (nSPS) is 10.9. The number of aromatic hydroxyl groups is 2. The molecule has 0 aliphatic carbocycles. The van der Waals surface area contributed by atoms with Crippen molar-refractivity contribution >= 4 is 11.9 Å². The van der Waals surface area contributed by atoms with Gasteiger partial charge in [-0.15, -0.1) is 0 Å². The highest BCUT2D eigenvalue weighted by molar-refractivity contribution is 5.93. The van der Waals surface area contributed by atoms with Crippen molar-refractivity contribution in [2.75, 3.05) is 7.11 Å². The Morgan fingerprint density at radius 1 is 1.08 bits per heavy atom. The lowest BCUT2D eigenvalue weighted by atomic mass is 10.1. The molecule has 0 atom stereocenters. The highest BCUT2D eigenvalue weighted by atomic mass is 16.5. The molecular formula is C20H22O4. The second kappa shape index (κ2) is 8.77. The monoisotopic (exact) mass is 326 g/mol. The summed E-state index contributed by atoms with van der Waals surface area (Å²) in [6.45, 7) is 0. The molecule has 4 heteroatoms. The highest BCUT2D eigenvalue weighted by Gasteiger charge is 2.02. The minimum atomic E-state index is 0.0766. The second-order valence-corrected chi connectivity index (χ2v) is 5.60. The maximum absolute atomic E-state index is 11.9. The lowest BCUT2D eigenvalue weighted by Crippen LogP contribution is -1.94. The predicted molar refractivity (Wildman–Crippen MR) is 94.4 cm³/mol. The largest absolute Gasteiger partial charge is 0.508 e. The molecule has 0 radical (unpaired) electrons. The van der Waals surface area contributed by atoms with Gasteiger partial charge in [-0.3, -0.25) is 4.79 Å². The van der Waals surface area contributed by atoms with E-state index in [1.807, 2.05) is 12.1 Å². The number of phenolic OH excluding ortho intramolecular Hbond substituents is 2. The molecule has 0 fully saturated rings. The molecule has 2 N–H and O–H groups in total. The summed E-state index contributed by atoms with van der Waals surface area (Å²) in [7, 11) is 1.49. The molecule has 2 rings (SSSR count). The van der Waals surface area contributed by atoms with Gasteiger partial charge in [0.05, 0.1) is 7.11 Å². The number of rotatable bonds is 8. The van der Waals surface area contributed by atoms with Crippen molar-refractivity contribution in [1.82, 2.24) is 0 Å². The molecule has 2 aromatic rings. The van der Waals surface area contributed by atoms with E-state index in [4.69, 9.17) is 4.74 Å². The average Bonchev–Trinajstić information content (AvgIpc) is 2.59. The molecule has 0 aromatic heterocycles. The van der Waals surface area contributed by atoms with Crippen LogP contribution in [-0.2, 0) is 11.2 Å². The third kappa shape index (κ3) is 5.47. The molecule has 0 saturated carbocycles. The number of unbranched alkanes of at least 4 members (excludes halogenated alkanes) is 1. The van der Waals surface area contributed by atoms with Crippen molar-refractivity contribution in [2.24, 2.45) is 0 Å². The van der Waals surface area contributed by atoms with Crippen LogP contribution in [0, 0.1) is 0 Å². The van der Waals surface area contributed by atoms with E-state index in [-0.39, 0.29) is 17.3 Å². The van der Waals surface area contributed by atoms with Gasteiger partial charge in [-0.05, 0) is 60.7 Å². The first-order valence-corrected chi connectivity index (χ1v) is 7.94. The van der Waals surface area contributed by atoms with Crippen molar-refractivity contribution in [1.29, 1.82) is 0 Å². The number of benzene rings is 2. The molecule has 0 amide bonds. The van der Waals surface area contributed by atoms with Crippen LogP contribution in [0.1, 0.15) is 30.4 Å². The average molecular weight is 326 g/mol. The van der Waals surface area contributed by atoms with Crippen LogP contribution in [0.4, 0.5) is 0 Å². The number of allylic oxidation sites excluding steroid dienone is 1. The van der Waals surface area contributed by atoms with E-state index in [1.54, 1.807) is 42.5 Å². The zero-order valence-corrected chi connectivity index (χ0v) is 13.7. The maximum Gasteiger partial charge on any atom is 0.161 e. The fourth-order valence-corrected chi connectivity index (χ4v) is 2.36. The summed E-state index contributed by atoms with van der Waals surface area (Å²) in [5.41, 5.74) is 1.97. The first-order chi connectivity index (χ1) is 11.6. The van der Waals surface area contributed by atoms with Gasteiger partial charge < -0.3 is 14.9 Å². The summed E-state index contributed by atoms with van der Waals surface area (Å²) in [6, 6.07) is 12.1. The Hall–Kier alpha value is -2.75. The van der Waals surface area contributed by atoms with Crippen molar-refractivity contribution < 1.29 is 19.7 Å². The Kier molecular flexibility index (Phi) is 6.43. The molecule has 126 valence electrons. The molecule has 0 aliphatic heterocycles. The zero-order chi connectivity index (χ0) is 17.4. The van der Waals surface area contributed by atoms with Gasteiger partial charge in [0.25, 0.3) is 0 Å². The van der Waals surface area contributed by atoms with Crippen LogP contribution in [0.5, 0.6) is 17.2 Å². The Labute approximate surface area is 142 Å². The Bertz CT molecular complexity index is 702. The molecule has 0 saturated heterocycles. The van der Waals surface area contributed by atoms with Crippen LogP contribution >= 0.6 is 0 Å². The number of carbonyl (C=O) groups excluding carboxylic acids is 1. The standard InChI is InChI=1S/C20H22O4/c1-24-20-14-16(9-13-19(20)23)8-12-17(21)5-3-2-4-15-6-10-18(22)11-7-15/h6-14,22-23H,2-5H2,1H3/b12-8+. The second-order valence-electron chi connectivity index (χ2n) is 5.60. The SMILES string of the molecule is COc1cc(/C=C/C(=O)CCCCc2ccc(O)cc2)ccc1O. The van der Waals surface area contributed by atoms with Crippen LogP contribution in [0.2, 0.25) is 0 Å². The minimum Gasteiger partial charge on any atom is -0.508 e. The van der Waals surface area contributed by atoms with Gasteiger partial charge in [-0.2, -0.15) is 0 Å². The number of carbonyl (C=O) groups is 1. The maximum atomic E-state index is 11.9. The molecule has 2 aromatic carbocycles. The van der Waals surface area contributed by atoms with Crippen molar-refractivity contribution in [3.05, 3.63) is 59.7 Å². The van der Waals surface area contributed by atoms with Crippen LogP contribution in [0.15, 0.2) is 48.5 Å². The van der Waals surface area contributed by atoms with E-state index in [1.165, 1.54) is 7.11 Å². The molecule has 0 aliphatic rings. The third-order valence-corrected chi connectivity index (χ3v) is 3.74. The van der Waals surface area contributed by atoms with E-state index in [0.29, 0.717) is 12.2 Å². The number of phenols is 2. The zero-order valence-electron chi connectivity index (χ0n) is 13.7. The number of hydrogen-bond acceptors (Lipinski definition) is 4. The first-order valence-electron chi connectivity index (χ1n) is 7.94. The first kappa shape index (κ1) is 17.6. The van der Waals surface area contributed by atoms with E-state index in [9.17, 15) is 15.0 Å². The molecule has 24 heavy (non-hydrogen) atoms. The quantitative estimate of drug-likeness (QED) is 0.566. The summed E-state index contributed by atoms with van der Waals surface area (Å²) in [5.74, 6) is 0.811. The van der Waals surface area contributed by atoms with E-state index >= 15 is 0 Å². The number of methoxy groups -OCH3 is 1. The number of ether oxygens (including phenoxy) is 1. The summed E-state index contributed by atoms with van der Waals surface area (Å²) in [5, 5.41) is 18.8. The van der Waals surface area contributed by atoms with E-state index < -0.39 is 0 Å². The molecular weight excluding hydrogens is 304 g/mol. The van der Waals surface area contributed by atoms with Gasteiger partial charge in [0, 0.05) is 6.42 Å². The molecule has 0 spiro atoms. The van der Waals surface area contributed by atoms with E-state index in [2.05, 4.69) is 0 Å². The van der Waals surface area contributed by atoms with Gasteiger partial charge >= 0.3 is 0 Å². The van der Waals surface area contributed by atoms with Crippen LogP contribution in [0.3, 0.4) is 0 Å². The Morgan fingerprint density at radius 3 is 2.54 bits per heavy atom. The fourth-order valence-electron chi connectivity index (χ4n) is 2.36. The lowest BCUT2D eigenvalue weighted by molar-refractivity contribution is -0.114. The fraction of sp³-hybridized carbons (Fsp3) is 0.250. The minimum absolute atomic E-state index is 0.0766. The molecule has 0 bridgehead atoms. The summed E-state index contributed by atoms with van der Waals surface area (Å²) < 4.78 is 5.04. The summed E-state index contributed by atoms with van der Waals surface area (Å²) in [4.78, 5) is 11.9. The van der Waals surface area contributed by atoms with Crippen molar-refractivity contribution in [2.45, 2.75) is 25.7 Å². The number of ketones is 1. The molecule has 0 heterocycles. The van der Waals surface area contributed by atoms with Crippen molar-refractivity contribution in [3.63, 3.8) is 0 Å². The highest BCUT2D eigenvalue weighted by Crippen LogP contribution is 2.26. The van der Waals surface area contributed by atoms with Crippen LogP contribution in [0.25, 0.3) is 6.08 Å². The van der Waals surface area contributed by atoms with Gasteiger partial charge in [0.1, 0.15) is 5.75 Å². The third-order valence-electron chi connectivity index (χ3n) is 3.74. The van der Waals surface area contributed by atoms with Crippen molar-refractivity contribution in [3.8, 4) is 17.2 Å². The summed E-state index contributed by atoms with van der Waals surface area (Å²) >= 11 is 0. The summed E-state index contributed by atoms with van der Waals surface area (Å²) in [6.07, 6.45) is 6.44. The lowest BCUT2D eigenvalue weighted by Gasteiger charge is -2.03. The smallest absolute Gasteiger partial charge is 0.161 e. The Morgan fingerprint density at radius 2 is 1.83 bits per heavy atom. The van der Waals surface area contributed by atoms with Gasteiger partial charge in [0.15, 0.2) is 17.3 Å². The number of aryl methyl sites for hydroxylation is 1. The van der Waals surface area contributed by atoms with Gasteiger partial charge in [-0.25, -0.2) is 0 Å². The van der Waals surface area contributed by atoms with Crippen LogP contribution < -0.4 is 4.74 Å². The Balaban J connectivity index is 1.75. The van der Waals surface area contributed by atoms with Crippen LogP contribution in [-0.4, -0.2) is 23.1 Å². The molecule has 0 unspecified atom stereocenters. The van der Waals surface area contributed by atoms with Gasteiger partial charge in [0.2, 0.25) is 0 Å². The molecule has 4 nitrogen and oxygen atoms in total. The van der Waals surface area contributed by atoms with Gasteiger partial charge in [-0.1, -0.05) is 24.3 Å².